The van der Waals surface area contributed by atoms with E-state index in [2.05, 4.69) is 167 Å². The first-order valence-electron chi connectivity index (χ1n) is 21.2. The minimum Gasteiger partial charge on any atom is -0.333 e. The second-order valence-electron chi connectivity index (χ2n) is 16.0. The van der Waals surface area contributed by atoms with Crippen LogP contribution in [0, 0.1) is 0 Å². The summed E-state index contributed by atoms with van der Waals surface area (Å²) >= 11 is 0. The van der Waals surface area contributed by atoms with Gasteiger partial charge in [0.05, 0.1) is 17.1 Å². The Morgan fingerprint density at radius 3 is 1.60 bits per heavy atom. The van der Waals surface area contributed by atoms with E-state index in [9.17, 15) is 0 Å². The zero-order valence-electron chi connectivity index (χ0n) is 33.8. The van der Waals surface area contributed by atoms with Crippen LogP contribution in [0.25, 0.3) is 106 Å². The molecule has 0 spiro atoms. The topological polar surface area (TPSA) is 48.5 Å². The summed E-state index contributed by atoms with van der Waals surface area (Å²) in [6.45, 7) is 0. The Labute approximate surface area is 359 Å². The molecule has 1 atom stereocenters. The summed E-state index contributed by atoms with van der Waals surface area (Å²) in [7, 11) is 0. The normalized spacial score (nSPS) is 13.8. The summed E-state index contributed by atoms with van der Waals surface area (Å²) in [4.78, 5) is 14.9. The van der Waals surface area contributed by atoms with Crippen LogP contribution in [0.3, 0.4) is 0 Å². The molecule has 62 heavy (non-hydrogen) atoms. The molecule has 8 aromatic carbocycles. The van der Waals surface area contributed by atoms with Gasteiger partial charge in [-0.25, -0.2) is 15.0 Å². The molecule has 0 fully saturated rings. The van der Waals surface area contributed by atoms with E-state index in [-0.39, 0.29) is 0 Å². The van der Waals surface area contributed by atoms with Crippen LogP contribution in [0.1, 0.15) is 12.5 Å². The van der Waals surface area contributed by atoms with Gasteiger partial charge in [-0.2, -0.15) is 0 Å². The first-order valence-corrected chi connectivity index (χ1v) is 21.2. The van der Waals surface area contributed by atoms with E-state index in [0.29, 0.717) is 23.5 Å². The average molecular weight is 794 g/mol. The molecule has 292 valence electrons. The number of fused-ring (bicyclic) bond motifs is 6. The SMILES string of the molecule is C1=CCC(n2c3ccccc3c3cc(-c4ccc(-n5c6ccccc6c6ccc(-c7cccc(-c8nc(-c9ccccc9)nc(-c9ccccc9)n8)c7)cc65)cc4)ccc32)C=C1. The van der Waals surface area contributed by atoms with Crippen molar-refractivity contribution in [1.82, 2.24) is 24.1 Å². The van der Waals surface area contributed by atoms with E-state index in [0.717, 1.165) is 45.4 Å². The van der Waals surface area contributed by atoms with Crippen molar-refractivity contribution in [2.45, 2.75) is 12.5 Å². The average Bonchev–Trinajstić information content (AvgIpc) is 3.87. The molecule has 0 radical (unpaired) electrons. The largest absolute Gasteiger partial charge is 0.333 e. The monoisotopic (exact) mass is 793 g/mol. The van der Waals surface area contributed by atoms with Gasteiger partial charge >= 0.3 is 0 Å². The molecule has 3 heterocycles. The lowest BCUT2D eigenvalue weighted by Gasteiger charge is -2.18. The lowest BCUT2D eigenvalue weighted by Crippen LogP contribution is -2.06. The van der Waals surface area contributed by atoms with Crippen LogP contribution in [-0.4, -0.2) is 24.1 Å². The predicted molar refractivity (Wildman–Crippen MR) is 256 cm³/mol. The van der Waals surface area contributed by atoms with Crippen molar-refractivity contribution in [2.24, 2.45) is 0 Å². The second-order valence-corrected chi connectivity index (χ2v) is 16.0. The van der Waals surface area contributed by atoms with Gasteiger partial charge in [-0.1, -0.05) is 170 Å². The molecular weight excluding hydrogens is 755 g/mol. The van der Waals surface area contributed by atoms with E-state index >= 15 is 0 Å². The third-order valence-corrected chi connectivity index (χ3v) is 12.3. The number of aromatic nitrogens is 5. The van der Waals surface area contributed by atoms with E-state index < -0.39 is 0 Å². The zero-order valence-corrected chi connectivity index (χ0v) is 33.8. The quantitative estimate of drug-likeness (QED) is 0.161. The maximum atomic E-state index is 5.01. The van der Waals surface area contributed by atoms with Crippen molar-refractivity contribution in [3.63, 3.8) is 0 Å². The highest BCUT2D eigenvalue weighted by Crippen LogP contribution is 2.39. The van der Waals surface area contributed by atoms with Crippen molar-refractivity contribution < 1.29 is 0 Å². The molecule has 0 saturated heterocycles. The van der Waals surface area contributed by atoms with Gasteiger partial charge in [0.1, 0.15) is 0 Å². The van der Waals surface area contributed by atoms with Gasteiger partial charge in [-0.15, -0.1) is 0 Å². The Morgan fingerprint density at radius 2 is 0.887 bits per heavy atom. The van der Waals surface area contributed by atoms with Gasteiger partial charge in [0.2, 0.25) is 0 Å². The van der Waals surface area contributed by atoms with Crippen LogP contribution in [0.2, 0.25) is 0 Å². The van der Waals surface area contributed by atoms with E-state index in [1.54, 1.807) is 0 Å². The van der Waals surface area contributed by atoms with E-state index in [1.807, 2.05) is 60.7 Å². The first kappa shape index (κ1) is 35.8. The molecule has 1 aliphatic rings. The van der Waals surface area contributed by atoms with Gasteiger partial charge in [0, 0.05) is 55.0 Å². The fourth-order valence-electron chi connectivity index (χ4n) is 9.31. The molecule has 0 amide bonds. The number of rotatable bonds is 7. The summed E-state index contributed by atoms with van der Waals surface area (Å²) in [5.74, 6) is 1.93. The van der Waals surface area contributed by atoms with Gasteiger partial charge < -0.3 is 9.13 Å². The summed E-state index contributed by atoms with van der Waals surface area (Å²) in [5.41, 5.74) is 13.4. The maximum absolute atomic E-state index is 5.01. The molecule has 5 heteroatoms. The number of hydrogen-bond acceptors (Lipinski definition) is 3. The van der Waals surface area contributed by atoms with Crippen LogP contribution in [0.5, 0.6) is 0 Å². The van der Waals surface area contributed by atoms with E-state index in [4.69, 9.17) is 15.0 Å². The Bertz CT molecular complexity index is 3480. The minimum atomic E-state index is 0.305. The highest BCUT2D eigenvalue weighted by Gasteiger charge is 2.19. The van der Waals surface area contributed by atoms with Crippen LogP contribution in [0.4, 0.5) is 0 Å². The summed E-state index contributed by atoms with van der Waals surface area (Å²) in [6, 6.07) is 69.4. The van der Waals surface area contributed by atoms with Gasteiger partial charge in [0.25, 0.3) is 0 Å². The Balaban J connectivity index is 0.932. The number of para-hydroxylation sites is 2. The summed E-state index contributed by atoms with van der Waals surface area (Å²) in [5, 5.41) is 5.02. The summed E-state index contributed by atoms with van der Waals surface area (Å²) < 4.78 is 4.90. The lowest BCUT2D eigenvalue weighted by molar-refractivity contribution is 0.648. The third kappa shape index (κ3) is 6.13. The van der Waals surface area contributed by atoms with Gasteiger partial charge in [-0.3, -0.25) is 0 Å². The molecule has 0 N–H and O–H groups in total. The van der Waals surface area contributed by atoms with Crippen molar-refractivity contribution in [2.75, 3.05) is 0 Å². The molecule has 5 nitrogen and oxygen atoms in total. The van der Waals surface area contributed by atoms with Crippen LogP contribution >= 0.6 is 0 Å². The fourth-order valence-corrected chi connectivity index (χ4v) is 9.31. The van der Waals surface area contributed by atoms with Crippen molar-refractivity contribution in [1.29, 1.82) is 0 Å². The van der Waals surface area contributed by atoms with Gasteiger partial charge in [0.15, 0.2) is 17.5 Å². The van der Waals surface area contributed by atoms with Crippen molar-refractivity contribution >= 4 is 43.6 Å². The Kier molecular flexibility index (Phi) is 8.56. The molecule has 11 aromatic rings. The molecular formula is C57H39N5. The maximum Gasteiger partial charge on any atom is 0.164 e. The lowest BCUT2D eigenvalue weighted by atomic mass is 10.0. The number of hydrogen-bond donors (Lipinski definition) is 0. The number of nitrogens with zero attached hydrogens (tertiary/aromatic N) is 5. The molecule has 0 saturated carbocycles. The minimum absolute atomic E-state index is 0.305. The van der Waals surface area contributed by atoms with Gasteiger partial charge in [-0.05, 0) is 77.2 Å². The molecule has 1 aliphatic carbocycles. The predicted octanol–water partition coefficient (Wildman–Crippen LogP) is 14.5. The molecule has 1 unspecified atom stereocenters. The second kappa shape index (κ2) is 14.8. The molecule has 0 bridgehead atoms. The first-order chi connectivity index (χ1) is 30.7. The Morgan fingerprint density at radius 1 is 0.355 bits per heavy atom. The molecule has 3 aromatic heterocycles. The van der Waals surface area contributed by atoms with Crippen LogP contribution < -0.4 is 0 Å². The smallest absolute Gasteiger partial charge is 0.164 e. The summed E-state index contributed by atoms with van der Waals surface area (Å²) in [6.07, 6.45) is 9.89. The highest BCUT2D eigenvalue weighted by atomic mass is 15.0. The third-order valence-electron chi connectivity index (χ3n) is 12.3. The molecule has 0 aliphatic heterocycles. The standard InChI is InChI=1S/C57H39N5/c1-4-15-39(16-5-1)55-58-56(40-17-6-2-7-18-40)60-57(59-55)44-20-14-19-41(35-44)43-29-33-49-47-23-10-12-25-51(47)62(54(49)37-43)46-31-27-38(28-32-46)42-30-34-53-50(36-42)48-24-11-13-26-52(48)61(53)45-21-8-3-9-22-45/h1-21,23-37,45H,22H2. The Hall–Kier alpha value is -8.15. The fraction of sp³-hybridized carbons (Fsp3) is 0.0351. The highest BCUT2D eigenvalue weighted by molar-refractivity contribution is 6.11. The number of benzene rings is 8. The van der Waals surface area contributed by atoms with E-state index in [1.165, 1.54) is 49.2 Å². The van der Waals surface area contributed by atoms with Crippen LogP contribution in [-0.2, 0) is 0 Å². The van der Waals surface area contributed by atoms with Crippen molar-refractivity contribution in [3.8, 4) is 62.1 Å². The molecule has 12 rings (SSSR count). The van der Waals surface area contributed by atoms with Crippen LogP contribution in [0.15, 0.2) is 218 Å². The zero-order chi connectivity index (χ0) is 41.0. The number of allylic oxidation sites excluding steroid dienone is 4. The van der Waals surface area contributed by atoms with Crippen molar-refractivity contribution in [3.05, 3.63) is 218 Å².